The van der Waals surface area contributed by atoms with Crippen LogP contribution in [0.25, 0.3) is 11.3 Å². The number of amides is 9. The van der Waals surface area contributed by atoms with E-state index in [4.69, 9.17) is 43.1 Å². The van der Waals surface area contributed by atoms with Crippen molar-refractivity contribution in [1.82, 2.24) is 45.9 Å². The third-order valence-electron chi connectivity index (χ3n) is 18.3. The number of ether oxygens (including phenoxy) is 2. The number of nitrogens with zero attached hydrogens (tertiary/aromatic N) is 6. The lowest BCUT2D eigenvalue weighted by Gasteiger charge is -2.38. The highest BCUT2D eigenvalue weighted by Gasteiger charge is 2.36. The molecular weight excluding hydrogens is 1430 g/mol. The number of nitrogens with one attached hydrogen (secondary N) is 7. The molecule has 0 saturated heterocycles. The first-order chi connectivity index (χ1) is 51.3. The van der Waals surface area contributed by atoms with Crippen molar-refractivity contribution in [3.05, 3.63) is 153 Å². The lowest BCUT2D eigenvalue weighted by atomic mass is 9.90. The number of primary amides is 1. The number of fused-ring (bicyclic) bond motifs is 1. The molecule has 109 heavy (non-hydrogen) atoms. The number of carboxylic acids is 1. The number of urea groups is 1. The monoisotopic (exact) mass is 1530 g/mol. The number of nitrogens with two attached hydrogens (primary N) is 1. The van der Waals surface area contributed by atoms with Crippen LogP contribution in [-0.2, 0) is 68.8 Å². The van der Waals surface area contributed by atoms with Gasteiger partial charge in [-0.05, 0) is 182 Å². The summed E-state index contributed by atoms with van der Waals surface area (Å²) in [5.41, 5.74) is 13.8. The van der Waals surface area contributed by atoms with Gasteiger partial charge in [0.15, 0.2) is 6.61 Å². The van der Waals surface area contributed by atoms with Crippen LogP contribution in [0.15, 0.2) is 97.1 Å². The van der Waals surface area contributed by atoms with Crippen LogP contribution in [0.3, 0.4) is 0 Å². The average Bonchev–Trinajstić information content (AvgIpc) is 1.63. The number of quaternary nitrogens is 1. The van der Waals surface area contributed by atoms with Gasteiger partial charge in [0.1, 0.15) is 53.8 Å². The number of carboxylic acid groups (broad SMARTS) is 1. The molecule has 6 aromatic rings. The number of carbonyl (C=O) groups excluding carboxylic acids is 9. The number of aliphatic carboxylic acids is 1. The number of hydrogen-bond acceptors (Lipinski definition) is 15. The number of carbonyl (C=O) groups is 9. The molecule has 9 amide bonds. The molecule has 586 valence electrons. The number of aromatic nitrogens is 2. The molecule has 0 fully saturated rings. The number of anilines is 3. The van der Waals surface area contributed by atoms with E-state index in [1.165, 1.54) is 22.6 Å². The highest BCUT2D eigenvalue weighted by Crippen LogP contribution is 2.38. The summed E-state index contributed by atoms with van der Waals surface area (Å²) in [6.45, 7) is 14.5. The summed E-state index contributed by atoms with van der Waals surface area (Å²) >= 11 is 6.81. The van der Waals surface area contributed by atoms with Gasteiger partial charge < -0.3 is 85.9 Å². The van der Waals surface area contributed by atoms with Crippen LogP contribution in [0.1, 0.15) is 140 Å². The van der Waals surface area contributed by atoms with E-state index in [1.54, 1.807) is 94.8 Å². The van der Waals surface area contributed by atoms with E-state index in [0.29, 0.717) is 111 Å². The van der Waals surface area contributed by atoms with Crippen molar-refractivity contribution < 1.29 is 80.5 Å². The summed E-state index contributed by atoms with van der Waals surface area (Å²) in [5, 5.41) is 48.9. The number of alkyl carbamates (subject to hydrolysis) is 2. The van der Waals surface area contributed by atoms with E-state index in [2.05, 4.69) is 75.4 Å². The Labute approximate surface area is 637 Å². The van der Waals surface area contributed by atoms with Crippen LogP contribution in [0.4, 0.5) is 44.6 Å². The van der Waals surface area contributed by atoms with E-state index in [0.717, 1.165) is 29.7 Å². The normalized spacial score (nSPS) is 13.5. The molecule has 0 unspecified atom stereocenters. The Morgan fingerprint density at radius 1 is 0.789 bits per heavy atom. The van der Waals surface area contributed by atoms with Gasteiger partial charge >= 0.3 is 24.4 Å². The maximum absolute atomic E-state index is 15.5. The summed E-state index contributed by atoms with van der Waals surface area (Å²) in [6, 6.07) is 26.5. The molecule has 27 nitrogen and oxygen atoms in total. The predicted molar refractivity (Wildman–Crippen MR) is 403 cm³/mol. The molecule has 2 aromatic heterocycles. The van der Waals surface area contributed by atoms with Crippen molar-refractivity contribution in [2.45, 2.75) is 155 Å². The minimum atomic E-state index is -5.19. The van der Waals surface area contributed by atoms with Crippen molar-refractivity contribution in [2.75, 3.05) is 57.6 Å². The van der Waals surface area contributed by atoms with Gasteiger partial charge in [-0.15, -0.1) is 6.42 Å². The molecule has 7 rings (SSSR count). The smallest absolute Gasteiger partial charge is 0.430 e. The van der Waals surface area contributed by atoms with Gasteiger partial charge in [0.2, 0.25) is 17.7 Å². The van der Waals surface area contributed by atoms with Gasteiger partial charge in [0, 0.05) is 96.5 Å². The van der Waals surface area contributed by atoms with Crippen LogP contribution < -0.4 is 53.0 Å². The fourth-order valence-electron chi connectivity index (χ4n) is 12.5. The molecule has 0 saturated carbocycles. The summed E-state index contributed by atoms with van der Waals surface area (Å²) in [6.07, 6.45) is 1.78. The summed E-state index contributed by atoms with van der Waals surface area (Å²) in [7, 11) is 9.74. The molecule has 4 atom stereocenters. The van der Waals surface area contributed by atoms with Gasteiger partial charge in [-0.3, -0.25) is 28.9 Å². The summed E-state index contributed by atoms with van der Waals surface area (Å²) < 4.78 is 46.0. The maximum Gasteiger partial charge on any atom is 0.430 e. The van der Waals surface area contributed by atoms with Crippen molar-refractivity contribution in [3.63, 3.8) is 0 Å². The fourth-order valence-corrected chi connectivity index (χ4v) is 12.7. The van der Waals surface area contributed by atoms with Crippen LogP contribution in [0, 0.1) is 43.4 Å². The van der Waals surface area contributed by atoms with E-state index in [1.807, 2.05) is 61.7 Å². The van der Waals surface area contributed by atoms with Crippen LogP contribution in [0.5, 0.6) is 5.75 Å². The maximum atomic E-state index is 15.5. The topological polar surface area (TPSA) is 366 Å². The molecule has 1 aliphatic heterocycles. The zero-order chi connectivity index (χ0) is 80.8. The van der Waals surface area contributed by atoms with E-state index in [-0.39, 0.29) is 62.6 Å². The second-order valence-corrected chi connectivity index (χ2v) is 29.0. The number of rotatable bonds is 31. The molecule has 0 aliphatic carbocycles. The molecule has 0 bridgehead atoms. The third kappa shape index (κ3) is 25.0. The van der Waals surface area contributed by atoms with Crippen LogP contribution >= 0.6 is 11.6 Å². The SMILES string of the molecule is C#CCOC(=O)N[C@@H](CCCCNC(=O)OC(C)(C)C)C(=O)N[C@H](C(=O)N[C@@H](CCCNC(N)=O)C(=O)Nc1ccc(C[N+](C)(C)CCC[C@@H]2Cc3ccccc3CN2C(=O)c2ccc(Cl)cc2-c2cc(C(=O)N(c3ccc(O)cc3)c3cc(C#N)n(C)c3C)c(C)n2C)c(CNC)c1)C(C)C.O=C([O-])C(F)(F)F. The zero-order valence-corrected chi connectivity index (χ0v) is 64.2. The van der Waals surface area contributed by atoms with Crippen molar-refractivity contribution in [2.24, 2.45) is 25.7 Å². The van der Waals surface area contributed by atoms with Gasteiger partial charge in [0.25, 0.3) is 11.8 Å². The molecule has 3 heterocycles. The number of terminal acetylenes is 1. The van der Waals surface area contributed by atoms with Crippen LogP contribution in [-0.4, -0.2) is 161 Å². The second kappa shape index (κ2) is 39.2. The Bertz CT molecular complexity index is 4350. The first-order valence-corrected chi connectivity index (χ1v) is 35.8. The van der Waals surface area contributed by atoms with Gasteiger partial charge in [0.05, 0.1) is 31.9 Å². The summed E-state index contributed by atoms with van der Waals surface area (Å²) in [5.74, 6) is -3.79. The number of nitriles is 1. The standard InChI is InChI=1S/C76H97ClN14O11.C2HF3O2/c1-14-37-101-75(100)85-64(24-17-18-34-82-74(99)102-76(6,7)8)69(94)86-67(47(2)3)70(95)84-63(25-19-35-81-73(79)98)68(93)83-55-28-26-52(53(38-55)44-80-9)46-91(12,13)36-20-23-57-39-50-21-15-16-22-51(50)45-89(57)71(96)60-33-27-54(77)40-62(60)66-42-61(48(4)88(66)11)72(97)90(56-29-31-59(92)32-30-56)65-41-58(43-78)87(10)49(65)5;3-2(4,5)1(6)7/h1,15-16,21-22,26-33,38,40-42,47,57,63-64,67,80H,17-20,23-25,34-37,39,44-46H2,2-13H3,(H8-,79,81,82,83,84,85,86,92,93,94,95,98,99,100);(H,6,7)/t57-,63+,64+,67+;/m1./s1. The number of phenols is 1. The van der Waals surface area contributed by atoms with E-state index < -0.39 is 77.7 Å². The Morgan fingerprint density at radius 2 is 1.44 bits per heavy atom. The Morgan fingerprint density at radius 3 is 2.06 bits per heavy atom. The molecular formula is C78H98ClF3N14O13. The zero-order valence-electron chi connectivity index (χ0n) is 63.4. The number of benzene rings is 4. The Hall–Kier alpha value is -11.1. The van der Waals surface area contributed by atoms with E-state index in [9.17, 15) is 52.3 Å². The van der Waals surface area contributed by atoms with Gasteiger partial charge in [-0.1, -0.05) is 61.7 Å². The quantitative estimate of drug-likeness (QED) is 0.0111. The highest BCUT2D eigenvalue weighted by molar-refractivity contribution is 6.31. The number of phenolic OH excluding ortho intramolecular Hbond substituents is 1. The predicted octanol–water partition coefficient (Wildman–Crippen LogP) is 8.93. The number of aromatic hydroxyl groups is 1. The molecule has 10 N–H and O–H groups in total. The minimum Gasteiger partial charge on any atom is -0.542 e. The molecule has 1 aliphatic rings. The van der Waals surface area contributed by atoms with Crippen LogP contribution in [0.2, 0.25) is 5.02 Å². The van der Waals surface area contributed by atoms with Crippen molar-refractivity contribution in [3.8, 4) is 35.4 Å². The average molecular weight is 1530 g/mol. The fraction of sp³-hybridized carbons (Fsp3) is 0.436. The third-order valence-corrected chi connectivity index (χ3v) is 18.6. The second-order valence-electron chi connectivity index (χ2n) is 28.5. The first kappa shape index (κ1) is 86.8. The number of halogens is 4. The van der Waals surface area contributed by atoms with Gasteiger partial charge in [-0.25, -0.2) is 14.4 Å². The largest absolute Gasteiger partial charge is 0.542 e. The molecule has 4 aromatic carbocycles. The number of alkyl halides is 3. The number of unbranched alkanes of at least 4 members (excludes halogenated alkanes) is 1. The van der Waals surface area contributed by atoms with Crippen molar-refractivity contribution >= 4 is 82.4 Å². The van der Waals surface area contributed by atoms with Gasteiger partial charge in [-0.2, -0.15) is 18.4 Å². The summed E-state index contributed by atoms with van der Waals surface area (Å²) in [4.78, 5) is 122. The Kier molecular flexibility index (Phi) is 31.2. The Balaban J connectivity index is 0.00000252. The minimum absolute atomic E-state index is 0.0258. The number of hydrogen-bond donors (Lipinski definition) is 9. The van der Waals surface area contributed by atoms with Crippen molar-refractivity contribution in [1.29, 1.82) is 5.26 Å². The molecule has 0 radical (unpaired) electrons. The highest BCUT2D eigenvalue weighted by atomic mass is 35.5. The van der Waals surface area contributed by atoms with E-state index >= 15 is 9.59 Å². The molecule has 31 heteroatoms. The molecule has 0 spiro atoms. The lowest BCUT2D eigenvalue weighted by Crippen LogP contribution is -2.57. The lowest BCUT2D eigenvalue weighted by molar-refractivity contribution is -0.903. The first-order valence-electron chi connectivity index (χ1n) is 35.5.